The van der Waals surface area contributed by atoms with Gasteiger partial charge in [0, 0.05) is 26.1 Å². The fourth-order valence-corrected chi connectivity index (χ4v) is 1.94. The minimum absolute atomic E-state index is 0.00862. The Bertz CT molecular complexity index is 317. The Morgan fingerprint density at radius 1 is 1.26 bits per heavy atom. The Labute approximate surface area is 114 Å². The molecule has 0 aromatic carbocycles. The fraction of sp³-hybridized carbons (Fsp3) is 0.846. The van der Waals surface area contributed by atoms with E-state index in [1.165, 1.54) is 7.11 Å². The number of hydrogen-bond acceptors (Lipinski definition) is 4. The summed E-state index contributed by atoms with van der Waals surface area (Å²) in [5, 5.41) is 2.69. The zero-order chi connectivity index (χ0) is 14.5. The second kappa shape index (κ2) is 6.75. The molecule has 0 aromatic rings. The monoisotopic (exact) mass is 272 g/mol. The number of amides is 2. The smallest absolute Gasteiger partial charge is 0.410 e. The van der Waals surface area contributed by atoms with E-state index < -0.39 is 5.60 Å². The van der Waals surface area contributed by atoms with Crippen molar-refractivity contribution in [2.45, 2.75) is 39.2 Å². The molecular weight excluding hydrogens is 248 g/mol. The van der Waals surface area contributed by atoms with Crippen molar-refractivity contribution >= 4 is 12.0 Å². The van der Waals surface area contributed by atoms with Crippen LogP contribution in [0.15, 0.2) is 0 Å². The van der Waals surface area contributed by atoms with E-state index in [0.29, 0.717) is 25.9 Å². The molecule has 1 aliphatic rings. The summed E-state index contributed by atoms with van der Waals surface area (Å²) in [5.41, 5.74) is -0.482. The molecule has 6 heteroatoms. The van der Waals surface area contributed by atoms with Crippen molar-refractivity contribution in [3.05, 3.63) is 0 Å². The van der Waals surface area contributed by atoms with Crippen LogP contribution >= 0.6 is 0 Å². The number of ether oxygens (including phenoxy) is 2. The zero-order valence-electron chi connectivity index (χ0n) is 12.2. The molecule has 19 heavy (non-hydrogen) atoms. The molecule has 0 radical (unpaired) electrons. The van der Waals surface area contributed by atoms with Gasteiger partial charge in [0.1, 0.15) is 12.3 Å². The van der Waals surface area contributed by atoms with Crippen LogP contribution in [0.1, 0.15) is 33.6 Å². The van der Waals surface area contributed by atoms with Crippen LogP contribution in [-0.2, 0) is 14.3 Å². The van der Waals surface area contributed by atoms with E-state index in [0.717, 1.165) is 0 Å². The summed E-state index contributed by atoms with van der Waals surface area (Å²) in [6, 6.07) is 0. The molecule has 0 aliphatic carbocycles. The molecule has 110 valence electrons. The van der Waals surface area contributed by atoms with Crippen LogP contribution in [0.2, 0.25) is 0 Å². The first-order chi connectivity index (χ1) is 8.83. The molecule has 0 bridgehead atoms. The predicted molar refractivity (Wildman–Crippen MR) is 70.5 cm³/mol. The summed E-state index contributed by atoms with van der Waals surface area (Å²) in [6.07, 6.45) is 1.02. The van der Waals surface area contributed by atoms with Crippen molar-refractivity contribution in [1.29, 1.82) is 0 Å². The second-order valence-corrected chi connectivity index (χ2v) is 5.72. The van der Waals surface area contributed by atoms with Crippen LogP contribution in [0.3, 0.4) is 0 Å². The van der Waals surface area contributed by atoms with Crippen molar-refractivity contribution in [3.8, 4) is 0 Å². The predicted octanol–water partition coefficient (Wildman–Crippen LogP) is 1.35. The van der Waals surface area contributed by atoms with Gasteiger partial charge in [-0.3, -0.25) is 4.79 Å². The third kappa shape index (κ3) is 5.46. The van der Waals surface area contributed by atoms with Crippen molar-refractivity contribution in [3.63, 3.8) is 0 Å². The minimum atomic E-state index is -0.482. The van der Waals surface area contributed by atoms with E-state index in [9.17, 15) is 9.59 Å². The first-order valence-electron chi connectivity index (χ1n) is 6.58. The molecule has 1 saturated heterocycles. The summed E-state index contributed by atoms with van der Waals surface area (Å²) in [5.74, 6) is -0.0560. The summed E-state index contributed by atoms with van der Waals surface area (Å²) < 4.78 is 10.1. The average Bonchev–Trinajstić information content (AvgIpc) is 2.34. The van der Waals surface area contributed by atoms with Gasteiger partial charge in [0.25, 0.3) is 0 Å². The summed E-state index contributed by atoms with van der Waals surface area (Å²) >= 11 is 0. The molecule has 0 atom stereocenters. The first-order valence-corrected chi connectivity index (χ1v) is 6.58. The number of likely N-dealkylation sites (tertiary alicyclic amines) is 1. The van der Waals surface area contributed by atoms with E-state index in [4.69, 9.17) is 9.47 Å². The number of nitrogens with zero attached hydrogens (tertiary/aromatic N) is 1. The average molecular weight is 272 g/mol. The maximum atomic E-state index is 11.8. The molecule has 0 aromatic heterocycles. The van der Waals surface area contributed by atoms with Gasteiger partial charge < -0.3 is 19.7 Å². The van der Waals surface area contributed by atoms with E-state index in [2.05, 4.69) is 5.32 Å². The number of rotatable bonds is 3. The standard InChI is InChI=1S/C13H24N2O4/c1-13(2,3)19-12(17)15-7-5-10(6-8-15)11(16)14-9-18-4/h10H,5-9H2,1-4H3,(H,14,16). The first kappa shape index (κ1) is 15.8. The van der Waals surface area contributed by atoms with E-state index >= 15 is 0 Å². The van der Waals surface area contributed by atoms with E-state index in [1.807, 2.05) is 20.8 Å². The summed E-state index contributed by atoms with van der Waals surface area (Å²) in [6.45, 7) is 6.87. The molecule has 6 nitrogen and oxygen atoms in total. The van der Waals surface area contributed by atoms with Crippen LogP contribution in [-0.4, -0.2) is 49.4 Å². The molecule has 0 saturated carbocycles. The highest BCUT2D eigenvalue weighted by molar-refractivity contribution is 5.79. The van der Waals surface area contributed by atoms with Crippen molar-refractivity contribution in [2.75, 3.05) is 26.9 Å². The van der Waals surface area contributed by atoms with Crippen molar-refractivity contribution in [1.82, 2.24) is 10.2 Å². The molecule has 0 unspecified atom stereocenters. The Kier molecular flexibility index (Phi) is 5.60. The van der Waals surface area contributed by atoms with Gasteiger partial charge in [-0.05, 0) is 33.6 Å². The number of carbonyl (C=O) groups excluding carboxylic acids is 2. The largest absolute Gasteiger partial charge is 0.444 e. The molecule has 1 heterocycles. The SMILES string of the molecule is COCNC(=O)C1CCN(C(=O)OC(C)(C)C)CC1. The highest BCUT2D eigenvalue weighted by Crippen LogP contribution is 2.19. The lowest BCUT2D eigenvalue weighted by Crippen LogP contribution is -2.45. The molecule has 1 N–H and O–H groups in total. The van der Waals surface area contributed by atoms with Crippen LogP contribution in [0, 0.1) is 5.92 Å². The van der Waals surface area contributed by atoms with Gasteiger partial charge in [-0.25, -0.2) is 4.79 Å². The van der Waals surface area contributed by atoms with Gasteiger partial charge in [-0.2, -0.15) is 0 Å². The van der Waals surface area contributed by atoms with E-state index in [1.54, 1.807) is 4.90 Å². The summed E-state index contributed by atoms with van der Waals surface area (Å²) in [7, 11) is 1.53. The lowest BCUT2D eigenvalue weighted by atomic mass is 9.96. The quantitative estimate of drug-likeness (QED) is 0.788. The lowest BCUT2D eigenvalue weighted by molar-refractivity contribution is -0.127. The summed E-state index contributed by atoms with van der Waals surface area (Å²) in [4.78, 5) is 25.2. The van der Waals surface area contributed by atoms with Crippen LogP contribution in [0.5, 0.6) is 0 Å². The van der Waals surface area contributed by atoms with Crippen LogP contribution in [0.4, 0.5) is 4.79 Å². The molecular formula is C13H24N2O4. The molecule has 1 aliphatic heterocycles. The molecule has 0 spiro atoms. The van der Waals surface area contributed by atoms with Gasteiger partial charge >= 0.3 is 6.09 Å². The van der Waals surface area contributed by atoms with Gasteiger partial charge in [0.15, 0.2) is 0 Å². The van der Waals surface area contributed by atoms with Crippen LogP contribution < -0.4 is 5.32 Å². The van der Waals surface area contributed by atoms with Gasteiger partial charge in [-0.1, -0.05) is 0 Å². The third-order valence-electron chi connectivity index (χ3n) is 2.91. The number of methoxy groups -OCH3 is 1. The van der Waals surface area contributed by atoms with Crippen molar-refractivity contribution < 1.29 is 19.1 Å². The highest BCUT2D eigenvalue weighted by atomic mass is 16.6. The normalized spacial score (nSPS) is 17.2. The second-order valence-electron chi connectivity index (χ2n) is 5.72. The number of nitrogens with one attached hydrogen (secondary N) is 1. The highest BCUT2D eigenvalue weighted by Gasteiger charge is 2.29. The Morgan fingerprint density at radius 3 is 2.32 bits per heavy atom. The number of carbonyl (C=O) groups is 2. The van der Waals surface area contributed by atoms with E-state index in [-0.39, 0.29) is 24.6 Å². The van der Waals surface area contributed by atoms with Gasteiger partial charge in [-0.15, -0.1) is 0 Å². The lowest BCUT2D eigenvalue weighted by Gasteiger charge is -2.32. The number of hydrogen-bond donors (Lipinski definition) is 1. The molecule has 1 rings (SSSR count). The van der Waals surface area contributed by atoms with Gasteiger partial charge in [0.2, 0.25) is 5.91 Å². The minimum Gasteiger partial charge on any atom is -0.444 e. The molecule has 1 fully saturated rings. The Hall–Kier alpha value is -1.30. The topological polar surface area (TPSA) is 67.9 Å². The van der Waals surface area contributed by atoms with Crippen molar-refractivity contribution in [2.24, 2.45) is 5.92 Å². The maximum absolute atomic E-state index is 11.8. The fourth-order valence-electron chi connectivity index (χ4n) is 1.94. The molecule has 2 amide bonds. The third-order valence-corrected chi connectivity index (χ3v) is 2.91. The number of piperidine rings is 1. The Morgan fingerprint density at radius 2 is 1.84 bits per heavy atom. The Balaban J connectivity index is 2.36. The maximum Gasteiger partial charge on any atom is 0.410 e. The van der Waals surface area contributed by atoms with Gasteiger partial charge in [0.05, 0.1) is 0 Å². The van der Waals surface area contributed by atoms with Crippen LogP contribution in [0.25, 0.3) is 0 Å². The zero-order valence-corrected chi connectivity index (χ0v) is 12.2.